The average Bonchev–Trinajstić information content (AvgIpc) is 3.22. The van der Waals surface area contributed by atoms with Gasteiger partial charge in [-0.15, -0.1) is 6.42 Å². The molecule has 3 fully saturated rings. The number of terminal acetylenes is 1. The van der Waals surface area contributed by atoms with Crippen LogP contribution in [0.1, 0.15) is 97.5 Å². The number of nitrogens with one attached hydrogen (secondary N) is 2. The van der Waals surface area contributed by atoms with Crippen molar-refractivity contribution in [3.8, 4) is 12.3 Å². The Morgan fingerprint density at radius 2 is 2.00 bits per heavy atom. The first-order chi connectivity index (χ1) is 18.7. The highest BCUT2D eigenvalue weighted by molar-refractivity contribution is 5.38. The van der Waals surface area contributed by atoms with Gasteiger partial charge in [0, 0.05) is 12.6 Å². The van der Waals surface area contributed by atoms with Crippen LogP contribution in [-0.2, 0) is 0 Å². The van der Waals surface area contributed by atoms with Gasteiger partial charge in [-0.05, 0) is 93.1 Å². The molecule has 1 heterocycles. The number of hydrogen-bond acceptors (Lipinski definition) is 5. The fourth-order valence-electron chi connectivity index (χ4n) is 7.25. The Balaban J connectivity index is 0.000000371. The van der Waals surface area contributed by atoms with Crippen molar-refractivity contribution >= 4 is 0 Å². The number of aliphatic hydroxyl groups is 3. The second kappa shape index (κ2) is 13.3. The lowest BCUT2D eigenvalue weighted by Crippen LogP contribution is -2.36. The Bertz CT molecular complexity index is 1260. The zero-order chi connectivity index (χ0) is 29.7. The molecule has 0 unspecified atom stereocenters. The minimum atomic E-state index is -0.615. The molecule has 7 heteroatoms. The van der Waals surface area contributed by atoms with E-state index in [1.165, 1.54) is 44.7 Å². The predicted octanol–water partition coefficient (Wildman–Crippen LogP) is 4.75. The summed E-state index contributed by atoms with van der Waals surface area (Å²) in [4.78, 5) is 25.3. The Hall–Kier alpha value is -2.66. The molecular formula is C33H48N2O5. The summed E-state index contributed by atoms with van der Waals surface area (Å²) in [6.45, 7) is 12.8. The molecule has 220 valence electrons. The van der Waals surface area contributed by atoms with Crippen LogP contribution in [0.4, 0.5) is 0 Å². The number of allylic oxidation sites excluding steroid dienone is 3. The first-order valence-corrected chi connectivity index (χ1v) is 14.7. The van der Waals surface area contributed by atoms with Crippen LogP contribution in [0.3, 0.4) is 0 Å². The van der Waals surface area contributed by atoms with Crippen molar-refractivity contribution in [3.05, 3.63) is 68.0 Å². The minimum absolute atomic E-state index is 0.125. The van der Waals surface area contributed by atoms with E-state index in [0.717, 1.165) is 29.9 Å². The number of aromatic amines is 2. The largest absolute Gasteiger partial charge is 0.393 e. The summed E-state index contributed by atoms with van der Waals surface area (Å²) in [5.74, 6) is 4.21. The molecule has 3 aliphatic carbocycles. The maximum absolute atomic E-state index is 10.7. The summed E-state index contributed by atoms with van der Waals surface area (Å²) in [7, 11) is 0. The Morgan fingerprint density at radius 1 is 1.27 bits per heavy atom. The highest BCUT2D eigenvalue weighted by atomic mass is 16.3. The molecule has 0 amide bonds. The van der Waals surface area contributed by atoms with Crippen molar-refractivity contribution in [2.75, 3.05) is 0 Å². The molecule has 0 aromatic carbocycles. The van der Waals surface area contributed by atoms with Crippen molar-refractivity contribution in [1.82, 2.24) is 9.97 Å². The lowest BCUT2D eigenvalue weighted by molar-refractivity contribution is 0.0596. The molecular weight excluding hydrogens is 504 g/mol. The standard InChI is InChI=1S/C27H44O3.C6H4N2O2/c1-18(8-6-14-26(3,4)30)23-12-13-24-20(9-7-15-27(23,24)5)10-11-21-16-22(28)17-25(29)19(21)2;1-2-4-3-7-6(10)8-5(4)9/h10-11,18,22-25,28-30H,2,6-9,12-17H2,1,3-5H3;1,3H,(H2,7,8,9,10)/b20-10+,21-11-;/t18-,22-,23-,24+,25+,27-;/m1./s1. The lowest BCUT2D eigenvalue weighted by Gasteiger charge is -2.44. The van der Waals surface area contributed by atoms with Crippen molar-refractivity contribution in [2.45, 2.75) is 110 Å². The normalized spacial score (nSPS) is 31.3. The Labute approximate surface area is 238 Å². The number of hydrogen-bond donors (Lipinski definition) is 5. The Morgan fingerprint density at radius 3 is 2.65 bits per heavy atom. The van der Waals surface area contributed by atoms with Crippen LogP contribution in [0, 0.1) is 35.5 Å². The van der Waals surface area contributed by atoms with Crippen LogP contribution in [0.15, 0.2) is 51.2 Å². The van der Waals surface area contributed by atoms with E-state index < -0.39 is 29.1 Å². The average molecular weight is 553 g/mol. The molecule has 6 atom stereocenters. The molecule has 5 N–H and O–H groups in total. The van der Waals surface area contributed by atoms with Crippen LogP contribution < -0.4 is 11.2 Å². The molecule has 0 aliphatic heterocycles. The van der Waals surface area contributed by atoms with Gasteiger partial charge >= 0.3 is 5.69 Å². The molecule has 0 radical (unpaired) electrons. The van der Waals surface area contributed by atoms with E-state index in [9.17, 15) is 24.9 Å². The third-order valence-electron chi connectivity index (χ3n) is 9.41. The van der Waals surface area contributed by atoms with E-state index in [0.29, 0.717) is 30.1 Å². The number of aromatic nitrogens is 2. The van der Waals surface area contributed by atoms with Gasteiger partial charge in [0.15, 0.2) is 0 Å². The van der Waals surface area contributed by atoms with E-state index in [2.05, 4.69) is 43.5 Å². The maximum atomic E-state index is 10.7. The van der Waals surface area contributed by atoms with Gasteiger partial charge in [-0.3, -0.25) is 9.78 Å². The van der Waals surface area contributed by atoms with E-state index >= 15 is 0 Å². The summed E-state index contributed by atoms with van der Waals surface area (Å²) in [6, 6.07) is 0. The number of fused-ring (bicyclic) bond motifs is 1. The Kier molecular flexibility index (Phi) is 10.6. The molecule has 1 aromatic rings. The molecule has 3 aliphatic rings. The molecule has 40 heavy (non-hydrogen) atoms. The van der Waals surface area contributed by atoms with Crippen LogP contribution in [-0.4, -0.2) is 43.1 Å². The number of H-pyrrole nitrogens is 2. The van der Waals surface area contributed by atoms with Gasteiger partial charge in [-0.25, -0.2) is 4.79 Å². The second-order valence-electron chi connectivity index (χ2n) is 13.0. The smallest absolute Gasteiger partial charge is 0.325 e. The van der Waals surface area contributed by atoms with E-state index in [-0.39, 0.29) is 5.56 Å². The molecule has 1 aromatic heterocycles. The fraction of sp³-hybridized carbons (Fsp3) is 0.636. The minimum Gasteiger partial charge on any atom is -0.393 e. The summed E-state index contributed by atoms with van der Waals surface area (Å²) < 4.78 is 0. The molecule has 4 rings (SSSR count). The van der Waals surface area contributed by atoms with Crippen molar-refractivity contribution in [3.63, 3.8) is 0 Å². The number of aliphatic hydroxyl groups excluding tert-OH is 2. The molecule has 0 saturated heterocycles. The third kappa shape index (κ3) is 7.96. The van der Waals surface area contributed by atoms with Gasteiger partial charge in [0.05, 0.1) is 17.8 Å². The van der Waals surface area contributed by atoms with Gasteiger partial charge in [0.2, 0.25) is 0 Å². The lowest BCUT2D eigenvalue weighted by atomic mass is 9.60. The highest BCUT2D eigenvalue weighted by Gasteiger charge is 2.50. The summed E-state index contributed by atoms with van der Waals surface area (Å²) >= 11 is 0. The molecule has 0 spiro atoms. The zero-order valence-corrected chi connectivity index (χ0v) is 24.6. The van der Waals surface area contributed by atoms with Gasteiger partial charge in [-0.2, -0.15) is 0 Å². The van der Waals surface area contributed by atoms with Gasteiger partial charge in [-0.1, -0.05) is 56.9 Å². The summed E-state index contributed by atoms with van der Waals surface area (Å²) in [6.07, 6.45) is 20.0. The number of rotatable bonds is 6. The van der Waals surface area contributed by atoms with Gasteiger partial charge < -0.3 is 20.3 Å². The van der Waals surface area contributed by atoms with Crippen LogP contribution in [0.2, 0.25) is 0 Å². The van der Waals surface area contributed by atoms with Gasteiger partial charge in [0.1, 0.15) is 5.56 Å². The molecule has 7 nitrogen and oxygen atoms in total. The monoisotopic (exact) mass is 552 g/mol. The zero-order valence-electron chi connectivity index (χ0n) is 24.6. The molecule has 3 saturated carbocycles. The topological polar surface area (TPSA) is 126 Å². The van der Waals surface area contributed by atoms with Crippen LogP contribution in [0.5, 0.6) is 0 Å². The molecule has 0 bridgehead atoms. The highest BCUT2D eigenvalue weighted by Crippen LogP contribution is 2.60. The summed E-state index contributed by atoms with van der Waals surface area (Å²) in [5, 5.41) is 30.2. The quantitative estimate of drug-likeness (QED) is 0.326. The van der Waals surface area contributed by atoms with E-state index in [1.54, 1.807) is 5.57 Å². The summed E-state index contributed by atoms with van der Waals surface area (Å²) in [5.41, 5.74) is 2.20. The van der Waals surface area contributed by atoms with Crippen LogP contribution in [0.25, 0.3) is 0 Å². The first-order valence-electron chi connectivity index (χ1n) is 14.7. The van der Waals surface area contributed by atoms with Crippen LogP contribution >= 0.6 is 0 Å². The second-order valence-corrected chi connectivity index (χ2v) is 13.0. The van der Waals surface area contributed by atoms with E-state index in [1.807, 2.05) is 18.8 Å². The fourth-order valence-corrected chi connectivity index (χ4v) is 7.25. The maximum Gasteiger partial charge on any atom is 0.325 e. The first kappa shape index (κ1) is 31.9. The van der Waals surface area contributed by atoms with Crippen molar-refractivity contribution in [1.29, 1.82) is 0 Å². The third-order valence-corrected chi connectivity index (χ3v) is 9.41. The predicted molar refractivity (Wildman–Crippen MR) is 160 cm³/mol. The van der Waals surface area contributed by atoms with Crippen molar-refractivity contribution < 1.29 is 15.3 Å². The van der Waals surface area contributed by atoms with Gasteiger partial charge in [0.25, 0.3) is 5.56 Å². The SMILES string of the molecule is C#Cc1c[nH]c(=O)[nH]c1=O.C=C1/C(=C\C=C2/CCC[C@]3(C)[C@@H]([C@H](C)CCCC(C)(C)O)CC[C@@H]23)C[C@@H](O)C[C@@H]1O. The van der Waals surface area contributed by atoms with Crippen molar-refractivity contribution in [2.24, 2.45) is 23.2 Å². The van der Waals surface area contributed by atoms with E-state index in [4.69, 9.17) is 6.42 Å².